The molecule has 0 amide bonds. The molecule has 4 aliphatic carbocycles. The summed E-state index contributed by atoms with van der Waals surface area (Å²) in [6.45, 7) is 3.09. The Morgan fingerprint density at radius 3 is 1.89 bits per heavy atom. The van der Waals surface area contributed by atoms with Gasteiger partial charge in [-0.1, -0.05) is 121 Å². The van der Waals surface area contributed by atoms with Crippen molar-refractivity contribution in [3.8, 4) is 0 Å². The van der Waals surface area contributed by atoms with Crippen molar-refractivity contribution in [1.82, 2.24) is 4.57 Å². The Bertz CT molecular complexity index is 1890. The van der Waals surface area contributed by atoms with Crippen molar-refractivity contribution < 1.29 is 26.1 Å². The standard InChI is InChI=1S/C40H38N2OP.BrH/c1-31(34-11-5-2-6-12-34)42-26-25-41(30-42)29-37-27-32-17-21-35(37)22-18-33-20-24-36(23-19-32)40(28-33)44(43,38-13-7-3-8-14-38)39-15-9-4-10-16-39;/h2-17,20-21,24-28,30-31H,18-19,22-23,29H2,1H3;1H/q+1;/p-1/t31-;/m0./s1. The highest BCUT2D eigenvalue weighted by Crippen LogP contribution is 2.44. The van der Waals surface area contributed by atoms with Gasteiger partial charge in [0.2, 0.25) is 6.33 Å². The first-order valence-corrected chi connectivity index (χ1v) is 17.3. The fraction of sp³-hybridized carbons (Fsp3) is 0.175. The number of halogens is 1. The van der Waals surface area contributed by atoms with Gasteiger partial charge in [-0.25, -0.2) is 9.13 Å². The molecule has 0 fully saturated rings. The lowest BCUT2D eigenvalue weighted by Crippen LogP contribution is -3.00. The van der Waals surface area contributed by atoms with E-state index in [2.05, 4.69) is 102 Å². The molecule has 0 saturated carbocycles. The van der Waals surface area contributed by atoms with Gasteiger partial charge in [-0.05, 0) is 72.1 Å². The van der Waals surface area contributed by atoms with Gasteiger partial charge in [0, 0.05) is 15.9 Å². The highest BCUT2D eigenvalue weighted by atomic mass is 79.9. The molecule has 6 aromatic rings. The first-order chi connectivity index (χ1) is 21.6. The van der Waals surface area contributed by atoms with Gasteiger partial charge in [0.05, 0.1) is 0 Å². The molecule has 0 aliphatic heterocycles. The zero-order valence-corrected chi connectivity index (χ0v) is 28.1. The van der Waals surface area contributed by atoms with Crippen molar-refractivity contribution in [2.75, 3.05) is 0 Å². The third-order valence-electron chi connectivity index (χ3n) is 9.16. The maximum absolute atomic E-state index is 15.4. The van der Waals surface area contributed by atoms with Crippen molar-refractivity contribution in [1.29, 1.82) is 0 Å². The normalized spacial score (nSPS) is 13.4. The van der Waals surface area contributed by atoms with Crippen molar-refractivity contribution in [3.63, 3.8) is 0 Å². The summed E-state index contributed by atoms with van der Waals surface area (Å²) in [5.74, 6) is 0. The Morgan fingerprint density at radius 1 is 0.689 bits per heavy atom. The monoisotopic (exact) mass is 672 g/mol. The summed E-state index contributed by atoms with van der Waals surface area (Å²) in [7, 11) is -3.05. The second-order valence-electron chi connectivity index (χ2n) is 12.0. The van der Waals surface area contributed by atoms with Crippen molar-refractivity contribution >= 4 is 23.1 Å². The number of imidazole rings is 1. The van der Waals surface area contributed by atoms with E-state index in [1.165, 1.54) is 33.4 Å². The van der Waals surface area contributed by atoms with Crippen LogP contribution >= 0.6 is 7.14 Å². The summed E-state index contributed by atoms with van der Waals surface area (Å²) >= 11 is 0. The van der Waals surface area contributed by atoms with Gasteiger partial charge in [0.1, 0.15) is 25.0 Å². The number of hydrogen-bond acceptors (Lipinski definition) is 1. The molecule has 45 heavy (non-hydrogen) atoms. The second kappa shape index (κ2) is 13.6. The minimum Gasteiger partial charge on any atom is -1.00 e. The average Bonchev–Trinajstić information content (AvgIpc) is 3.55. The Labute approximate surface area is 277 Å². The van der Waals surface area contributed by atoms with E-state index in [1.807, 2.05) is 60.7 Å². The summed E-state index contributed by atoms with van der Waals surface area (Å²) in [4.78, 5) is 0. The van der Waals surface area contributed by atoms with E-state index < -0.39 is 7.14 Å². The number of nitrogens with zero attached hydrogens (tertiary/aromatic N) is 2. The smallest absolute Gasteiger partial charge is 0.244 e. The molecule has 3 nitrogen and oxygen atoms in total. The molecule has 0 unspecified atom stereocenters. The summed E-state index contributed by atoms with van der Waals surface area (Å²) < 4.78 is 19.9. The van der Waals surface area contributed by atoms with Crippen LogP contribution in [0.1, 0.15) is 46.3 Å². The molecule has 0 N–H and O–H groups in total. The van der Waals surface area contributed by atoms with Gasteiger partial charge in [-0.2, -0.15) is 0 Å². The lowest BCUT2D eigenvalue weighted by Gasteiger charge is -2.24. The quantitative estimate of drug-likeness (QED) is 0.186. The number of hydrogen-bond donors (Lipinski definition) is 0. The molecule has 0 radical (unpaired) electrons. The second-order valence-corrected chi connectivity index (χ2v) is 14.7. The van der Waals surface area contributed by atoms with Crippen LogP contribution in [0, 0.1) is 0 Å². The highest BCUT2D eigenvalue weighted by Gasteiger charge is 2.32. The first-order valence-electron chi connectivity index (χ1n) is 15.6. The molecule has 5 aromatic carbocycles. The van der Waals surface area contributed by atoms with E-state index in [0.717, 1.165) is 48.1 Å². The van der Waals surface area contributed by atoms with E-state index in [9.17, 15) is 0 Å². The SMILES string of the molecule is C[C@@H](c1ccccc1)n1cc[n+](Cc2cc3ccc2CCc2ccc(c(P(=O)(c4ccccc4)c4ccccc4)c2)CC3)c1.[Br-]. The molecule has 1 atom stereocenters. The zero-order chi connectivity index (χ0) is 29.9. The molecule has 10 rings (SSSR count). The Balaban J connectivity index is 0.00000357. The third kappa shape index (κ3) is 6.41. The van der Waals surface area contributed by atoms with Crippen molar-refractivity contribution in [2.24, 2.45) is 0 Å². The van der Waals surface area contributed by atoms with Crippen LogP contribution < -0.4 is 37.5 Å². The Kier molecular flexibility index (Phi) is 9.35. The van der Waals surface area contributed by atoms with E-state index >= 15 is 4.57 Å². The van der Waals surface area contributed by atoms with Gasteiger partial charge in [0.15, 0.2) is 7.14 Å². The van der Waals surface area contributed by atoms with Crippen LogP contribution in [0.5, 0.6) is 0 Å². The van der Waals surface area contributed by atoms with E-state index in [1.54, 1.807) is 0 Å². The van der Waals surface area contributed by atoms with Gasteiger partial charge < -0.3 is 21.5 Å². The van der Waals surface area contributed by atoms with Gasteiger partial charge >= 0.3 is 0 Å². The Hall–Kier alpha value is -3.98. The summed E-state index contributed by atoms with van der Waals surface area (Å²) in [5, 5.41) is 2.78. The Morgan fingerprint density at radius 2 is 1.24 bits per heavy atom. The molecule has 0 spiro atoms. The maximum Gasteiger partial charge on any atom is 0.244 e. The maximum atomic E-state index is 15.4. The van der Waals surface area contributed by atoms with Gasteiger partial charge in [0.25, 0.3) is 0 Å². The topological polar surface area (TPSA) is 25.9 Å². The summed E-state index contributed by atoms with van der Waals surface area (Å²) in [6, 6.07) is 44.9. The van der Waals surface area contributed by atoms with E-state index in [-0.39, 0.29) is 23.0 Å². The van der Waals surface area contributed by atoms with Gasteiger partial charge in [-0.3, -0.25) is 0 Å². The lowest BCUT2D eigenvalue weighted by molar-refractivity contribution is -0.688. The van der Waals surface area contributed by atoms with E-state index in [4.69, 9.17) is 0 Å². The molecular weight excluding hydrogens is 635 g/mol. The minimum atomic E-state index is -3.05. The molecule has 1 aromatic heterocycles. The number of aryl methyl sites for hydroxylation is 4. The molecular formula is C40H38BrN2OP. The lowest BCUT2D eigenvalue weighted by atomic mass is 9.93. The van der Waals surface area contributed by atoms with Crippen LogP contribution in [0.2, 0.25) is 0 Å². The molecule has 226 valence electrons. The van der Waals surface area contributed by atoms with Crippen LogP contribution in [0.4, 0.5) is 0 Å². The summed E-state index contributed by atoms with van der Waals surface area (Å²) in [6.07, 6.45) is 10.2. The highest BCUT2D eigenvalue weighted by molar-refractivity contribution is 7.85. The molecule has 4 aliphatic rings. The predicted molar refractivity (Wildman–Crippen MR) is 181 cm³/mol. The number of benzene rings is 5. The predicted octanol–water partition coefficient (Wildman–Crippen LogP) is 3.96. The van der Waals surface area contributed by atoms with E-state index in [0.29, 0.717) is 0 Å². The molecule has 4 bridgehead atoms. The molecule has 5 heteroatoms. The number of aromatic nitrogens is 2. The third-order valence-corrected chi connectivity index (χ3v) is 12.3. The van der Waals surface area contributed by atoms with Crippen LogP contribution in [0.3, 0.4) is 0 Å². The first kappa shape index (κ1) is 31.0. The zero-order valence-electron chi connectivity index (χ0n) is 25.6. The fourth-order valence-corrected chi connectivity index (χ4v) is 9.57. The van der Waals surface area contributed by atoms with Crippen molar-refractivity contribution in [3.05, 3.63) is 179 Å². The van der Waals surface area contributed by atoms with Crippen LogP contribution in [0.25, 0.3) is 0 Å². The number of rotatable bonds is 7. The average molecular weight is 674 g/mol. The summed E-state index contributed by atoms with van der Waals surface area (Å²) in [5.41, 5.74) is 7.81. The van der Waals surface area contributed by atoms with Crippen LogP contribution in [-0.4, -0.2) is 4.57 Å². The molecule has 0 saturated heterocycles. The van der Waals surface area contributed by atoms with Crippen LogP contribution in [-0.2, 0) is 36.8 Å². The fourth-order valence-electron chi connectivity index (χ4n) is 6.59. The minimum absolute atomic E-state index is 0. The van der Waals surface area contributed by atoms with Crippen LogP contribution in [0.15, 0.2) is 146 Å². The largest absolute Gasteiger partial charge is 1.00 e. The van der Waals surface area contributed by atoms with Crippen molar-refractivity contribution in [2.45, 2.75) is 45.2 Å². The van der Waals surface area contributed by atoms with Gasteiger partial charge in [-0.15, -0.1) is 0 Å². The molecule has 1 heterocycles.